The van der Waals surface area contributed by atoms with Crippen molar-refractivity contribution in [3.63, 3.8) is 0 Å². The lowest BCUT2D eigenvalue weighted by Crippen LogP contribution is -2.23. The normalized spacial score (nSPS) is 12.4. The minimum atomic E-state index is -0.241. The monoisotopic (exact) mass is 438 g/mol. The summed E-state index contributed by atoms with van der Waals surface area (Å²) in [5.41, 5.74) is 3.52. The molecular formula is C22H18N2O4S2. The van der Waals surface area contributed by atoms with E-state index in [4.69, 9.17) is 13.9 Å². The molecule has 0 saturated carbocycles. The van der Waals surface area contributed by atoms with Gasteiger partial charge in [-0.05, 0) is 30.7 Å². The maximum Gasteiger partial charge on any atom is 0.287 e. The zero-order valence-corrected chi connectivity index (χ0v) is 17.8. The Hall–Kier alpha value is -2.97. The van der Waals surface area contributed by atoms with E-state index in [0.29, 0.717) is 29.4 Å². The summed E-state index contributed by atoms with van der Waals surface area (Å²) < 4.78 is 17.6. The van der Waals surface area contributed by atoms with Crippen LogP contribution in [0.4, 0.5) is 0 Å². The van der Waals surface area contributed by atoms with Gasteiger partial charge in [0.05, 0.1) is 0 Å². The molecule has 0 aliphatic carbocycles. The van der Waals surface area contributed by atoms with Gasteiger partial charge in [-0.1, -0.05) is 36.0 Å². The highest BCUT2D eigenvalue weighted by molar-refractivity contribution is 8.00. The Bertz CT molecular complexity index is 1230. The van der Waals surface area contributed by atoms with Gasteiger partial charge < -0.3 is 19.2 Å². The first-order valence-corrected chi connectivity index (χ1v) is 11.3. The summed E-state index contributed by atoms with van der Waals surface area (Å²) in [6, 6.07) is 13.4. The predicted molar refractivity (Wildman–Crippen MR) is 116 cm³/mol. The SMILES string of the molecule is Cc1csc(SCc2c(C(=O)NCc3ccc4c(c3)OCO4)oc3ccccc23)n1. The fourth-order valence-corrected chi connectivity index (χ4v) is 5.15. The molecule has 0 saturated heterocycles. The molecule has 1 amide bonds. The first-order chi connectivity index (χ1) is 14.7. The highest BCUT2D eigenvalue weighted by Crippen LogP contribution is 2.34. The van der Waals surface area contributed by atoms with E-state index in [1.807, 2.05) is 54.8 Å². The first kappa shape index (κ1) is 19.0. The smallest absolute Gasteiger partial charge is 0.287 e. The van der Waals surface area contributed by atoms with Gasteiger partial charge in [-0.2, -0.15) is 0 Å². The Labute approximate surface area is 181 Å². The van der Waals surface area contributed by atoms with E-state index in [2.05, 4.69) is 10.3 Å². The van der Waals surface area contributed by atoms with Gasteiger partial charge in [0.2, 0.25) is 6.79 Å². The third kappa shape index (κ3) is 3.76. The lowest BCUT2D eigenvalue weighted by Gasteiger charge is -2.06. The average molecular weight is 439 g/mol. The molecule has 1 aliphatic rings. The van der Waals surface area contributed by atoms with Crippen LogP contribution in [0.5, 0.6) is 11.5 Å². The van der Waals surface area contributed by atoms with Crippen LogP contribution in [0.15, 0.2) is 56.6 Å². The Morgan fingerprint density at radius 1 is 1.20 bits per heavy atom. The number of ether oxygens (including phenoxy) is 2. The van der Waals surface area contributed by atoms with Gasteiger partial charge in [0.25, 0.3) is 5.91 Å². The van der Waals surface area contributed by atoms with Crippen molar-refractivity contribution in [3.8, 4) is 11.5 Å². The Morgan fingerprint density at radius 2 is 2.07 bits per heavy atom. The minimum Gasteiger partial charge on any atom is -0.454 e. The molecule has 0 fully saturated rings. The molecule has 0 radical (unpaired) electrons. The van der Waals surface area contributed by atoms with Crippen molar-refractivity contribution >= 4 is 40.0 Å². The van der Waals surface area contributed by atoms with Gasteiger partial charge in [0.1, 0.15) is 9.92 Å². The van der Waals surface area contributed by atoms with E-state index in [9.17, 15) is 4.79 Å². The molecule has 3 heterocycles. The number of nitrogens with zero attached hydrogens (tertiary/aromatic N) is 1. The van der Waals surface area contributed by atoms with Gasteiger partial charge in [-0.25, -0.2) is 4.98 Å². The maximum absolute atomic E-state index is 13.0. The van der Waals surface area contributed by atoms with Crippen molar-refractivity contribution in [1.82, 2.24) is 10.3 Å². The van der Waals surface area contributed by atoms with Crippen LogP contribution in [0.3, 0.4) is 0 Å². The fourth-order valence-electron chi connectivity index (χ4n) is 3.27. The van der Waals surface area contributed by atoms with E-state index in [1.54, 1.807) is 23.1 Å². The fraction of sp³-hybridized carbons (Fsp3) is 0.182. The lowest BCUT2D eigenvalue weighted by atomic mass is 10.1. The van der Waals surface area contributed by atoms with Crippen molar-refractivity contribution in [2.24, 2.45) is 0 Å². The summed E-state index contributed by atoms with van der Waals surface area (Å²) in [7, 11) is 0. The minimum absolute atomic E-state index is 0.226. The van der Waals surface area contributed by atoms with Gasteiger partial charge >= 0.3 is 0 Å². The molecule has 152 valence electrons. The molecule has 5 rings (SSSR count). The molecule has 8 heteroatoms. The Kier molecular flexibility index (Phi) is 5.10. The van der Waals surface area contributed by atoms with E-state index in [1.165, 1.54) is 0 Å². The van der Waals surface area contributed by atoms with Gasteiger partial charge in [-0.3, -0.25) is 4.79 Å². The van der Waals surface area contributed by atoms with Crippen molar-refractivity contribution in [1.29, 1.82) is 0 Å². The number of carbonyl (C=O) groups is 1. The van der Waals surface area contributed by atoms with E-state index in [0.717, 1.165) is 32.3 Å². The number of carbonyl (C=O) groups excluding carboxylic acids is 1. The third-order valence-electron chi connectivity index (χ3n) is 4.73. The van der Waals surface area contributed by atoms with E-state index < -0.39 is 0 Å². The summed E-state index contributed by atoms with van der Waals surface area (Å²) in [4.78, 5) is 17.5. The van der Waals surface area contributed by atoms with Crippen molar-refractivity contribution in [2.75, 3.05) is 6.79 Å². The van der Waals surface area contributed by atoms with Crippen LogP contribution in [-0.4, -0.2) is 17.7 Å². The topological polar surface area (TPSA) is 73.6 Å². The highest BCUT2D eigenvalue weighted by atomic mass is 32.2. The number of fused-ring (bicyclic) bond motifs is 2. The largest absolute Gasteiger partial charge is 0.454 e. The Morgan fingerprint density at radius 3 is 2.93 bits per heavy atom. The molecule has 2 aromatic carbocycles. The summed E-state index contributed by atoms with van der Waals surface area (Å²) >= 11 is 3.22. The molecule has 4 aromatic rings. The van der Waals surface area contributed by atoms with Crippen LogP contribution in [-0.2, 0) is 12.3 Å². The lowest BCUT2D eigenvalue weighted by molar-refractivity contribution is 0.0924. The molecule has 30 heavy (non-hydrogen) atoms. The average Bonchev–Trinajstić information content (AvgIpc) is 3.48. The number of aromatic nitrogens is 1. The number of amides is 1. The molecule has 0 spiro atoms. The number of thiazole rings is 1. The van der Waals surface area contributed by atoms with Gasteiger partial charge in [-0.15, -0.1) is 11.3 Å². The Balaban J connectivity index is 1.36. The number of benzene rings is 2. The van der Waals surface area contributed by atoms with E-state index in [-0.39, 0.29) is 12.7 Å². The number of rotatable bonds is 6. The van der Waals surface area contributed by atoms with Gasteiger partial charge in [0.15, 0.2) is 17.3 Å². The van der Waals surface area contributed by atoms with Crippen LogP contribution in [0.25, 0.3) is 11.0 Å². The van der Waals surface area contributed by atoms with Crippen LogP contribution >= 0.6 is 23.1 Å². The van der Waals surface area contributed by atoms with Crippen LogP contribution in [0.1, 0.15) is 27.4 Å². The highest BCUT2D eigenvalue weighted by Gasteiger charge is 2.21. The first-order valence-electron chi connectivity index (χ1n) is 9.39. The zero-order chi connectivity index (χ0) is 20.5. The zero-order valence-electron chi connectivity index (χ0n) is 16.1. The second kappa shape index (κ2) is 8.04. The van der Waals surface area contributed by atoms with Gasteiger partial charge in [0, 0.05) is 34.3 Å². The van der Waals surface area contributed by atoms with Crippen LogP contribution in [0.2, 0.25) is 0 Å². The maximum atomic E-state index is 13.0. The van der Waals surface area contributed by atoms with Crippen molar-refractivity contribution < 1.29 is 18.7 Å². The summed E-state index contributed by atoms with van der Waals surface area (Å²) in [6.07, 6.45) is 0. The molecular weight excluding hydrogens is 420 g/mol. The van der Waals surface area contributed by atoms with E-state index >= 15 is 0 Å². The quantitative estimate of drug-likeness (QED) is 0.420. The standard InChI is InChI=1S/C22H18N2O4S2/c1-13-10-29-22(24-13)30-11-16-15-4-2-3-5-17(15)28-20(16)21(25)23-9-14-6-7-18-19(8-14)27-12-26-18/h2-8,10H,9,11-12H2,1H3,(H,23,25). The number of nitrogens with one attached hydrogen (secondary N) is 1. The number of hydrogen-bond donors (Lipinski definition) is 1. The van der Waals surface area contributed by atoms with Crippen molar-refractivity contribution in [3.05, 3.63) is 70.4 Å². The second-order valence-corrected chi connectivity index (χ2v) is 8.90. The van der Waals surface area contributed by atoms with Crippen LogP contribution in [0, 0.1) is 6.92 Å². The molecule has 6 nitrogen and oxygen atoms in total. The molecule has 1 N–H and O–H groups in total. The summed E-state index contributed by atoms with van der Waals surface area (Å²) in [6.45, 7) is 2.57. The predicted octanol–water partition coefficient (Wildman–Crippen LogP) is 5.15. The van der Waals surface area contributed by atoms with Crippen molar-refractivity contribution in [2.45, 2.75) is 23.6 Å². The number of furan rings is 1. The molecule has 0 bridgehead atoms. The number of para-hydroxylation sites is 1. The van der Waals surface area contributed by atoms with Crippen LogP contribution < -0.4 is 14.8 Å². The third-order valence-corrected chi connectivity index (χ3v) is 6.90. The molecule has 1 aliphatic heterocycles. The number of aryl methyl sites for hydroxylation is 1. The summed E-state index contributed by atoms with van der Waals surface area (Å²) in [5.74, 6) is 2.13. The number of hydrogen-bond acceptors (Lipinski definition) is 7. The number of thioether (sulfide) groups is 1. The summed E-state index contributed by atoms with van der Waals surface area (Å²) in [5, 5.41) is 5.93. The molecule has 2 aromatic heterocycles. The second-order valence-electron chi connectivity index (χ2n) is 6.82. The molecule has 0 unspecified atom stereocenters. The molecule has 0 atom stereocenters.